The van der Waals surface area contributed by atoms with Gasteiger partial charge in [0.15, 0.2) is 11.5 Å². The van der Waals surface area contributed by atoms with E-state index < -0.39 is 0 Å². The zero-order valence-electron chi connectivity index (χ0n) is 16.5. The van der Waals surface area contributed by atoms with E-state index in [4.69, 9.17) is 18.9 Å². The minimum atomic E-state index is -0.212. The van der Waals surface area contributed by atoms with Gasteiger partial charge in [-0.05, 0) is 23.8 Å². The third kappa shape index (κ3) is 4.31. The maximum absolute atomic E-state index is 12.7. The van der Waals surface area contributed by atoms with Gasteiger partial charge in [0.05, 0.1) is 34.5 Å². The largest absolute Gasteiger partial charge is 0.493 e. The monoisotopic (exact) mass is 386 g/mol. The highest BCUT2D eigenvalue weighted by atomic mass is 16.5. The van der Waals surface area contributed by atoms with Crippen LogP contribution in [0.3, 0.4) is 0 Å². The van der Waals surface area contributed by atoms with Crippen molar-refractivity contribution < 1.29 is 23.7 Å². The normalized spacial score (nSPS) is 13.8. The van der Waals surface area contributed by atoms with Gasteiger partial charge in [0.25, 0.3) is 5.91 Å². The Kier molecular flexibility index (Phi) is 6.60. The number of ether oxygens (including phenoxy) is 4. The van der Waals surface area contributed by atoms with Crippen LogP contribution in [0.5, 0.6) is 17.2 Å². The van der Waals surface area contributed by atoms with E-state index in [2.05, 4.69) is 16.3 Å². The topological polar surface area (TPSA) is 69.3 Å². The van der Waals surface area contributed by atoms with E-state index >= 15 is 0 Å². The molecule has 1 saturated heterocycles. The summed E-state index contributed by atoms with van der Waals surface area (Å²) in [5.74, 6) is 1.14. The molecule has 0 bridgehead atoms. The van der Waals surface area contributed by atoms with Gasteiger partial charge in [-0.2, -0.15) is 0 Å². The van der Waals surface area contributed by atoms with Crippen LogP contribution in [0.1, 0.15) is 15.9 Å². The first-order valence-electron chi connectivity index (χ1n) is 9.16. The lowest BCUT2D eigenvalue weighted by molar-refractivity contribution is 0.0950. The van der Waals surface area contributed by atoms with Crippen LogP contribution >= 0.6 is 0 Å². The summed E-state index contributed by atoms with van der Waals surface area (Å²) < 4.78 is 21.4. The zero-order chi connectivity index (χ0) is 19.9. The SMILES string of the molecule is COc1cc(C(=O)NCc2ccccc2N2CCOCC2)cc(OC)c1OC. The van der Waals surface area contributed by atoms with Crippen LogP contribution in [0.15, 0.2) is 36.4 Å². The number of benzene rings is 2. The number of carbonyl (C=O) groups is 1. The summed E-state index contributed by atoms with van der Waals surface area (Å²) in [7, 11) is 4.58. The van der Waals surface area contributed by atoms with Crippen molar-refractivity contribution in [3.05, 3.63) is 47.5 Å². The fourth-order valence-corrected chi connectivity index (χ4v) is 3.26. The van der Waals surface area contributed by atoms with Crippen molar-refractivity contribution in [2.24, 2.45) is 0 Å². The highest BCUT2D eigenvalue weighted by Crippen LogP contribution is 2.38. The molecule has 7 heteroatoms. The lowest BCUT2D eigenvalue weighted by atomic mass is 10.1. The molecule has 1 amide bonds. The first kappa shape index (κ1) is 19.8. The van der Waals surface area contributed by atoms with Crippen molar-refractivity contribution in [1.82, 2.24) is 5.32 Å². The van der Waals surface area contributed by atoms with Gasteiger partial charge in [0.2, 0.25) is 5.75 Å². The lowest BCUT2D eigenvalue weighted by Gasteiger charge is -2.30. The zero-order valence-corrected chi connectivity index (χ0v) is 16.5. The van der Waals surface area contributed by atoms with Crippen molar-refractivity contribution in [2.45, 2.75) is 6.54 Å². The van der Waals surface area contributed by atoms with E-state index in [0.717, 1.165) is 24.3 Å². The molecular weight excluding hydrogens is 360 g/mol. The molecule has 1 N–H and O–H groups in total. The predicted molar refractivity (Wildman–Crippen MR) is 107 cm³/mol. The molecule has 1 aliphatic heterocycles. The maximum atomic E-state index is 12.7. The molecule has 0 radical (unpaired) electrons. The van der Waals surface area contributed by atoms with Crippen LogP contribution in [-0.2, 0) is 11.3 Å². The molecule has 0 aliphatic carbocycles. The highest BCUT2D eigenvalue weighted by molar-refractivity contribution is 5.95. The number of para-hydroxylation sites is 1. The average Bonchev–Trinajstić information content (AvgIpc) is 2.77. The van der Waals surface area contributed by atoms with E-state index in [1.807, 2.05) is 18.2 Å². The minimum absolute atomic E-state index is 0.212. The number of methoxy groups -OCH3 is 3. The van der Waals surface area contributed by atoms with E-state index in [1.165, 1.54) is 21.3 Å². The molecule has 0 spiro atoms. The smallest absolute Gasteiger partial charge is 0.251 e. The number of carbonyl (C=O) groups excluding carboxylic acids is 1. The number of anilines is 1. The Bertz CT molecular complexity index is 793. The molecule has 0 unspecified atom stereocenters. The molecule has 1 aliphatic rings. The first-order chi connectivity index (χ1) is 13.7. The molecule has 28 heavy (non-hydrogen) atoms. The summed E-state index contributed by atoms with van der Waals surface area (Å²) in [6.45, 7) is 3.54. The van der Waals surface area contributed by atoms with Crippen molar-refractivity contribution in [2.75, 3.05) is 52.5 Å². The van der Waals surface area contributed by atoms with Crippen molar-refractivity contribution in [3.8, 4) is 17.2 Å². The molecule has 7 nitrogen and oxygen atoms in total. The molecule has 150 valence electrons. The van der Waals surface area contributed by atoms with Crippen LogP contribution in [0.25, 0.3) is 0 Å². The maximum Gasteiger partial charge on any atom is 0.251 e. The molecule has 1 fully saturated rings. The van der Waals surface area contributed by atoms with Gasteiger partial charge < -0.3 is 29.2 Å². The Morgan fingerprint density at radius 2 is 1.68 bits per heavy atom. The number of amides is 1. The third-order valence-electron chi connectivity index (χ3n) is 4.71. The Balaban J connectivity index is 1.76. The highest BCUT2D eigenvalue weighted by Gasteiger charge is 2.18. The Morgan fingerprint density at radius 1 is 1.04 bits per heavy atom. The van der Waals surface area contributed by atoms with E-state index in [9.17, 15) is 4.79 Å². The molecule has 2 aromatic rings. The molecule has 0 atom stereocenters. The summed E-state index contributed by atoms with van der Waals surface area (Å²) in [6.07, 6.45) is 0. The average molecular weight is 386 g/mol. The molecule has 1 heterocycles. The van der Waals surface area contributed by atoms with Gasteiger partial charge in [0, 0.05) is 30.9 Å². The van der Waals surface area contributed by atoms with E-state index in [-0.39, 0.29) is 5.91 Å². The van der Waals surface area contributed by atoms with Gasteiger partial charge in [-0.25, -0.2) is 0 Å². The standard InChI is InChI=1S/C21H26N2O5/c1-25-18-12-16(13-19(26-2)20(18)27-3)21(24)22-14-15-6-4-5-7-17(15)23-8-10-28-11-9-23/h4-7,12-13H,8-11,14H2,1-3H3,(H,22,24). The Labute approximate surface area is 165 Å². The summed E-state index contributed by atoms with van der Waals surface area (Å²) >= 11 is 0. The lowest BCUT2D eigenvalue weighted by Crippen LogP contribution is -2.37. The summed E-state index contributed by atoms with van der Waals surface area (Å²) in [4.78, 5) is 15.0. The van der Waals surface area contributed by atoms with Crippen LogP contribution < -0.4 is 24.4 Å². The number of nitrogens with one attached hydrogen (secondary N) is 1. The van der Waals surface area contributed by atoms with Crippen molar-refractivity contribution in [1.29, 1.82) is 0 Å². The summed E-state index contributed by atoms with van der Waals surface area (Å²) in [5.41, 5.74) is 2.62. The van der Waals surface area contributed by atoms with Gasteiger partial charge in [-0.1, -0.05) is 18.2 Å². The quantitative estimate of drug-likeness (QED) is 0.789. The third-order valence-corrected chi connectivity index (χ3v) is 4.71. The number of rotatable bonds is 7. The van der Waals surface area contributed by atoms with Crippen LogP contribution in [-0.4, -0.2) is 53.5 Å². The van der Waals surface area contributed by atoms with Gasteiger partial charge >= 0.3 is 0 Å². The first-order valence-corrected chi connectivity index (χ1v) is 9.16. The molecule has 0 saturated carbocycles. The number of nitrogens with zero attached hydrogens (tertiary/aromatic N) is 1. The molecule has 2 aromatic carbocycles. The van der Waals surface area contributed by atoms with Crippen LogP contribution in [0.2, 0.25) is 0 Å². The number of morpholine rings is 1. The van der Waals surface area contributed by atoms with Gasteiger partial charge in [-0.15, -0.1) is 0 Å². The second-order valence-electron chi connectivity index (χ2n) is 6.32. The van der Waals surface area contributed by atoms with Crippen molar-refractivity contribution in [3.63, 3.8) is 0 Å². The minimum Gasteiger partial charge on any atom is -0.493 e. The van der Waals surface area contributed by atoms with E-state index in [1.54, 1.807) is 12.1 Å². The second-order valence-corrected chi connectivity index (χ2v) is 6.32. The van der Waals surface area contributed by atoms with Gasteiger partial charge in [0.1, 0.15) is 0 Å². The Hall–Kier alpha value is -2.93. The predicted octanol–water partition coefficient (Wildman–Crippen LogP) is 2.48. The molecule has 3 rings (SSSR count). The number of hydrogen-bond donors (Lipinski definition) is 1. The fourth-order valence-electron chi connectivity index (χ4n) is 3.26. The van der Waals surface area contributed by atoms with Gasteiger partial charge in [-0.3, -0.25) is 4.79 Å². The molecule has 0 aromatic heterocycles. The van der Waals surface area contributed by atoms with Crippen LogP contribution in [0.4, 0.5) is 5.69 Å². The number of hydrogen-bond acceptors (Lipinski definition) is 6. The Morgan fingerprint density at radius 3 is 2.29 bits per heavy atom. The second kappa shape index (κ2) is 9.32. The van der Waals surface area contributed by atoms with E-state index in [0.29, 0.717) is 42.6 Å². The van der Waals surface area contributed by atoms with Crippen molar-refractivity contribution >= 4 is 11.6 Å². The van der Waals surface area contributed by atoms with Crippen LogP contribution in [0, 0.1) is 0 Å². The molecular formula is C21H26N2O5. The summed E-state index contributed by atoms with van der Waals surface area (Å²) in [6, 6.07) is 11.4. The summed E-state index contributed by atoms with van der Waals surface area (Å²) in [5, 5.41) is 2.99. The fraction of sp³-hybridized carbons (Fsp3) is 0.381.